The van der Waals surface area contributed by atoms with Crippen molar-refractivity contribution in [3.05, 3.63) is 41.6 Å². The normalized spacial score (nSPS) is 18.5. The molecule has 2 rings (SSSR count). The van der Waals surface area contributed by atoms with Gasteiger partial charge in [-0.05, 0) is 23.9 Å². The Bertz CT molecular complexity index is 439. The Morgan fingerprint density at radius 2 is 2.00 bits per heavy atom. The topological polar surface area (TPSA) is 32.3 Å². The van der Waals surface area contributed by atoms with Crippen molar-refractivity contribution in [2.45, 2.75) is 0 Å². The van der Waals surface area contributed by atoms with Gasteiger partial charge in [-0.25, -0.2) is 0 Å². The third-order valence-electron chi connectivity index (χ3n) is 2.19. The highest BCUT2D eigenvalue weighted by Gasteiger charge is 2.26. The molecule has 1 aliphatic heterocycles. The molecule has 76 valence electrons. The average Bonchev–Trinajstić information content (AvgIpc) is 2.48. The summed E-state index contributed by atoms with van der Waals surface area (Å²) in [5.74, 6) is -0.0937. The van der Waals surface area contributed by atoms with Crippen molar-refractivity contribution in [2.75, 3.05) is 7.05 Å². The molecule has 1 heterocycles. The predicted molar refractivity (Wildman–Crippen MR) is 62.9 cm³/mol. The van der Waals surface area contributed by atoms with E-state index in [-0.39, 0.29) is 5.91 Å². The molecular weight excluding hydrogens is 208 g/mol. The van der Waals surface area contributed by atoms with E-state index in [2.05, 4.69) is 5.32 Å². The fourth-order valence-electron chi connectivity index (χ4n) is 1.34. The van der Waals surface area contributed by atoms with E-state index in [9.17, 15) is 4.79 Å². The first-order chi connectivity index (χ1) is 7.18. The fraction of sp³-hybridized carbons (Fsp3) is 0.0909. The van der Waals surface area contributed by atoms with E-state index in [1.54, 1.807) is 13.1 Å². The third kappa shape index (κ3) is 1.89. The zero-order chi connectivity index (χ0) is 10.8. The number of benzene rings is 1. The Kier molecular flexibility index (Phi) is 2.51. The van der Waals surface area contributed by atoms with E-state index in [1.807, 2.05) is 30.3 Å². The molecule has 1 amide bonds. The number of nitrogens with one attached hydrogen (secondary N) is 1. The van der Waals surface area contributed by atoms with Gasteiger partial charge in [0.15, 0.2) is 5.11 Å². The number of likely N-dealkylation sites (N-methyl/N-ethyl adjacent to an activating group) is 1. The lowest BCUT2D eigenvalue weighted by molar-refractivity contribution is -0.121. The van der Waals surface area contributed by atoms with Crippen molar-refractivity contribution in [3.8, 4) is 0 Å². The van der Waals surface area contributed by atoms with Crippen LogP contribution in [0.4, 0.5) is 0 Å². The molecule has 1 N–H and O–H groups in total. The van der Waals surface area contributed by atoms with Crippen molar-refractivity contribution in [1.82, 2.24) is 10.2 Å². The van der Waals surface area contributed by atoms with Crippen molar-refractivity contribution < 1.29 is 4.79 Å². The minimum atomic E-state index is -0.0937. The number of rotatable bonds is 1. The standard InChI is InChI=1S/C11H10N2OS/c1-13-10(14)9(12-11(13)15)7-8-5-3-2-4-6-8/h2-7H,1H3,(H,12,15)/b9-7-. The number of nitrogens with zero attached hydrogens (tertiary/aromatic N) is 1. The van der Waals surface area contributed by atoms with Gasteiger partial charge in [-0.15, -0.1) is 0 Å². The number of carbonyl (C=O) groups excluding carboxylic acids is 1. The summed E-state index contributed by atoms with van der Waals surface area (Å²) in [7, 11) is 1.66. The molecule has 1 fully saturated rings. The van der Waals surface area contributed by atoms with E-state index in [4.69, 9.17) is 12.2 Å². The molecule has 4 heteroatoms. The van der Waals surface area contributed by atoms with Crippen LogP contribution in [0.25, 0.3) is 6.08 Å². The van der Waals surface area contributed by atoms with Crippen LogP contribution in [-0.2, 0) is 4.79 Å². The van der Waals surface area contributed by atoms with Gasteiger partial charge in [-0.2, -0.15) is 0 Å². The molecule has 1 aliphatic rings. The smallest absolute Gasteiger partial charge is 0.276 e. The molecule has 15 heavy (non-hydrogen) atoms. The second kappa shape index (κ2) is 3.82. The highest BCUT2D eigenvalue weighted by atomic mass is 32.1. The summed E-state index contributed by atoms with van der Waals surface area (Å²) in [6.45, 7) is 0. The first-order valence-electron chi connectivity index (χ1n) is 4.54. The van der Waals surface area contributed by atoms with Crippen LogP contribution >= 0.6 is 12.2 Å². The molecule has 0 aliphatic carbocycles. The number of carbonyl (C=O) groups is 1. The van der Waals surface area contributed by atoms with Gasteiger partial charge < -0.3 is 5.32 Å². The molecule has 1 aromatic rings. The summed E-state index contributed by atoms with van der Waals surface area (Å²) in [4.78, 5) is 13.0. The Morgan fingerprint density at radius 1 is 1.33 bits per heavy atom. The fourth-order valence-corrected chi connectivity index (χ4v) is 1.53. The maximum atomic E-state index is 11.6. The third-order valence-corrected chi connectivity index (χ3v) is 2.57. The zero-order valence-corrected chi connectivity index (χ0v) is 9.04. The second-order valence-corrected chi connectivity index (χ2v) is 3.65. The van der Waals surface area contributed by atoms with Crippen LogP contribution < -0.4 is 5.32 Å². The van der Waals surface area contributed by atoms with E-state index in [1.165, 1.54) is 4.90 Å². The Balaban J connectivity index is 2.30. The molecule has 0 aromatic heterocycles. The van der Waals surface area contributed by atoms with Crippen LogP contribution in [0.1, 0.15) is 5.56 Å². The van der Waals surface area contributed by atoms with Gasteiger partial charge in [-0.3, -0.25) is 9.69 Å². The van der Waals surface area contributed by atoms with Crippen LogP contribution in [0.5, 0.6) is 0 Å². The summed E-state index contributed by atoms with van der Waals surface area (Å²) in [6.07, 6.45) is 1.79. The number of thiocarbonyl (C=S) groups is 1. The summed E-state index contributed by atoms with van der Waals surface area (Å²) in [5, 5.41) is 3.32. The summed E-state index contributed by atoms with van der Waals surface area (Å²) in [5.41, 5.74) is 1.50. The average molecular weight is 218 g/mol. The molecular formula is C11H10N2OS. The summed E-state index contributed by atoms with van der Waals surface area (Å²) >= 11 is 4.97. The first-order valence-corrected chi connectivity index (χ1v) is 4.95. The van der Waals surface area contributed by atoms with Crippen molar-refractivity contribution in [2.24, 2.45) is 0 Å². The van der Waals surface area contributed by atoms with Crippen molar-refractivity contribution in [1.29, 1.82) is 0 Å². The Hall–Kier alpha value is -1.68. The van der Waals surface area contributed by atoms with E-state index >= 15 is 0 Å². The van der Waals surface area contributed by atoms with Gasteiger partial charge in [0.1, 0.15) is 5.70 Å². The molecule has 0 radical (unpaired) electrons. The number of amides is 1. The lowest BCUT2D eigenvalue weighted by Crippen LogP contribution is -2.25. The molecule has 1 saturated heterocycles. The lowest BCUT2D eigenvalue weighted by Gasteiger charge is -2.02. The van der Waals surface area contributed by atoms with Crippen LogP contribution in [0.3, 0.4) is 0 Å². The van der Waals surface area contributed by atoms with Gasteiger partial charge in [-0.1, -0.05) is 30.3 Å². The summed E-state index contributed by atoms with van der Waals surface area (Å²) < 4.78 is 0. The van der Waals surface area contributed by atoms with Crippen molar-refractivity contribution in [3.63, 3.8) is 0 Å². The highest BCUT2D eigenvalue weighted by Crippen LogP contribution is 2.11. The SMILES string of the molecule is CN1C(=O)/C(=C/c2ccccc2)NC1=S. The minimum Gasteiger partial charge on any atom is -0.328 e. The van der Waals surface area contributed by atoms with Crippen LogP contribution in [0, 0.1) is 0 Å². The largest absolute Gasteiger partial charge is 0.328 e. The van der Waals surface area contributed by atoms with Gasteiger partial charge in [0.25, 0.3) is 5.91 Å². The van der Waals surface area contributed by atoms with Crippen LogP contribution in [0.15, 0.2) is 36.0 Å². The maximum absolute atomic E-state index is 11.6. The Labute approximate surface area is 93.4 Å². The summed E-state index contributed by atoms with van der Waals surface area (Å²) in [6, 6.07) is 9.65. The monoisotopic (exact) mass is 218 g/mol. The second-order valence-electron chi connectivity index (χ2n) is 3.26. The number of hydrogen-bond acceptors (Lipinski definition) is 2. The van der Waals surface area contributed by atoms with E-state index in [0.29, 0.717) is 10.8 Å². The van der Waals surface area contributed by atoms with Crippen LogP contribution in [0.2, 0.25) is 0 Å². The van der Waals surface area contributed by atoms with Crippen LogP contribution in [-0.4, -0.2) is 23.0 Å². The predicted octanol–water partition coefficient (Wildman–Crippen LogP) is 1.37. The lowest BCUT2D eigenvalue weighted by atomic mass is 10.2. The van der Waals surface area contributed by atoms with Gasteiger partial charge >= 0.3 is 0 Å². The molecule has 0 spiro atoms. The molecule has 0 atom stereocenters. The molecule has 0 saturated carbocycles. The quantitative estimate of drug-likeness (QED) is 0.571. The first kappa shape index (κ1) is 9.86. The van der Waals surface area contributed by atoms with Crippen molar-refractivity contribution >= 4 is 29.3 Å². The van der Waals surface area contributed by atoms with E-state index in [0.717, 1.165) is 5.56 Å². The highest BCUT2D eigenvalue weighted by molar-refractivity contribution is 7.80. The molecule has 0 bridgehead atoms. The van der Waals surface area contributed by atoms with E-state index < -0.39 is 0 Å². The zero-order valence-electron chi connectivity index (χ0n) is 8.23. The van der Waals surface area contributed by atoms with Gasteiger partial charge in [0, 0.05) is 7.05 Å². The minimum absolute atomic E-state index is 0.0937. The Morgan fingerprint density at radius 3 is 2.53 bits per heavy atom. The van der Waals surface area contributed by atoms with Gasteiger partial charge in [0.05, 0.1) is 0 Å². The molecule has 0 unspecified atom stereocenters. The molecule has 3 nitrogen and oxygen atoms in total. The maximum Gasteiger partial charge on any atom is 0.276 e. The number of hydrogen-bond donors (Lipinski definition) is 1. The van der Waals surface area contributed by atoms with Gasteiger partial charge in [0.2, 0.25) is 0 Å². The molecule has 1 aromatic carbocycles.